The smallest absolute Gasteiger partial charge is 0.237 e. The Balaban J connectivity index is 1.64. The Morgan fingerprint density at radius 2 is 2.05 bits per heavy atom. The summed E-state index contributed by atoms with van der Waals surface area (Å²) in [4.78, 5) is 14.9. The summed E-state index contributed by atoms with van der Waals surface area (Å²) in [7, 11) is 0. The fourth-order valence-corrected chi connectivity index (χ4v) is 3.59. The molecule has 1 aliphatic rings. The minimum atomic E-state index is -0.136. The van der Waals surface area contributed by atoms with Crippen molar-refractivity contribution in [3.05, 3.63) is 57.3 Å². The van der Waals surface area contributed by atoms with Gasteiger partial charge in [0.05, 0.1) is 12.1 Å². The van der Waals surface area contributed by atoms with Gasteiger partial charge in [-0.2, -0.15) is 0 Å². The highest BCUT2D eigenvalue weighted by Gasteiger charge is 2.25. The van der Waals surface area contributed by atoms with Crippen molar-refractivity contribution in [1.29, 1.82) is 0 Å². The monoisotopic (exact) mass is 300 g/mol. The largest absolute Gasteiger partial charge is 0.347 e. The molecule has 1 amide bonds. The summed E-state index contributed by atoms with van der Waals surface area (Å²) in [5.41, 5.74) is 2.57. The number of amides is 1. The van der Waals surface area contributed by atoms with Crippen LogP contribution >= 0.6 is 11.3 Å². The fraction of sp³-hybridized carbons (Fsp3) is 0.353. The number of benzene rings is 1. The highest BCUT2D eigenvalue weighted by Crippen LogP contribution is 2.23. The molecule has 1 aromatic heterocycles. The number of hydrogen-bond acceptors (Lipinski definition) is 3. The molecule has 2 N–H and O–H groups in total. The highest BCUT2D eigenvalue weighted by atomic mass is 32.1. The normalized spacial score (nSPS) is 18.9. The number of carbonyl (C=O) groups is 1. The summed E-state index contributed by atoms with van der Waals surface area (Å²) in [5, 5.41) is 6.45. The Hall–Kier alpha value is -1.65. The van der Waals surface area contributed by atoms with Crippen LogP contribution < -0.4 is 10.6 Å². The number of carbonyl (C=O) groups excluding carboxylic acids is 1. The fourth-order valence-electron chi connectivity index (χ4n) is 2.71. The second-order valence-electron chi connectivity index (χ2n) is 5.59. The predicted octanol–water partition coefficient (Wildman–Crippen LogP) is 2.95. The van der Waals surface area contributed by atoms with E-state index < -0.39 is 0 Å². The molecule has 3 rings (SSSR count). The van der Waals surface area contributed by atoms with E-state index >= 15 is 0 Å². The van der Waals surface area contributed by atoms with Crippen molar-refractivity contribution in [3.63, 3.8) is 0 Å². The molecular weight excluding hydrogens is 280 g/mol. The zero-order valence-corrected chi connectivity index (χ0v) is 13.2. The van der Waals surface area contributed by atoms with Crippen LogP contribution in [-0.4, -0.2) is 11.9 Å². The first-order chi connectivity index (χ1) is 10.1. The van der Waals surface area contributed by atoms with Gasteiger partial charge in [-0.05, 0) is 43.5 Å². The van der Waals surface area contributed by atoms with Gasteiger partial charge in [0, 0.05) is 16.3 Å². The maximum Gasteiger partial charge on any atom is 0.237 e. The molecule has 2 atom stereocenters. The lowest BCUT2D eigenvalue weighted by Gasteiger charge is -2.26. The van der Waals surface area contributed by atoms with E-state index in [4.69, 9.17) is 0 Å². The molecule has 2 aromatic rings. The predicted molar refractivity (Wildman–Crippen MR) is 86.4 cm³/mol. The van der Waals surface area contributed by atoms with Crippen LogP contribution in [-0.2, 0) is 17.8 Å². The summed E-state index contributed by atoms with van der Waals surface area (Å²) in [6.07, 6.45) is 0.762. The number of thiophene rings is 1. The number of rotatable bonds is 3. The van der Waals surface area contributed by atoms with E-state index in [0.717, 1.165) is 13.0 Å². The molecule has 0 radical (unpaired) electrons. The molecule has 21 heavy (non-hydrogen) atoms. The van der Waals surface area contributed by atoms with Gasteiger partial charge in [0.2, 0.25) is 5.91 Å². The van der Waals surface area contributed by atoms with E-state index in [0.29, 0.717) is 0 Å². The zero-order valence-electron chi connectivity index (χ0n) is 12.3. The van der Waals surface area contributed by atoms with E-state index in [1.807, 2.05) is 19.1 Å². The van der Waals surface area contributed by atoms with Crippen LogP contribution in [0.1, 0.15) is 33.8 Å². The van der Waals surface area contributed by atoms with Crippen molar-refractivity contribution in [2.75, 3.05) is 0 Å². The molecule has 0 saturated heterocycles. The molecule has 3 nitrogen and oxygen atoms in total. The lowest BCUT2D eigenvalue weighted by Crippen LogP contribution is -2.48. The number of hydrogen-bond donors (Lipinski definition) is 2. The summed E-state index contributed by atoms with van der Waals surface area (Å²) < 4.78 is 0. The van der Waals surface area contributed by atoms with E-state index in [1.54, 1.807) is 11.3 Å². The molecule has 1 aromatic carbocycles. The molecular formula is C17H20N2OS. The molecule has 0 aliphatic carbocycles. The lowest BCUT2D eigenvalue weighted by atomic mass is 9.95. The first-order valence-electron chi connectivity index (χ1n) is 7.30. The van der Waals surface area contributed by atoms with E-state index in [1.165, 1.54) is 20.9 Å². The Morgan fingerprint density at radius 1 is 1.29 bits per heavy atom. The standard InChI is InChI=1S/C17H20N2OS/c1-11-7-8-16(21-11)12(2)19-17(20)15-9-13-5-3-4-6-14(13)10-18-15/h3-8,12,15,18H,9-10H2,1-2H3,(H,19,20). The maximum absolute atomic E-state index is 12.4. The van der Waals surface area contributed by atoms with E-state index in [9.17, 15) is 4.79 Å². The van der Waals surface area contributed by atoms with Crippen molar-refractivity contribution < 1.29 is 4.79 Å². The third-order valence-electron chi connectivity index (χ3n) is 3.94. The highest BCUT2D eigenvalue weighted by molar-refractivity contribution is 7.12. The van der Waals surface area contributed by atoms with Crippen LogP contribution in [0.4, 0.5) is 0 Å². The van der Waals surface area contributed by atoms with Crippen LogP contribution in [0.15, 0.2) is 36.4 Å². The third kappa shape index (κ3) is 3.17. The maximum atomic E-state index is 12.4. The second-order valence-corrected chi connectivity index (χ2v) is 6.90. The number of fused-ring (bicyclic) bond motifs is 1. The van der Waals surface area contributed by atoms with Crippen LogP contribution in [0.25, 0.3) is 0 Å². The van der Waals surface area contributed by atoms with E-state index in [-0.39, 0.29) is 18.0 Å². The van der Waals surface area contributed by atoms with Crippen molar-refractivity contribution in [2.24, 2.45) is 0 Å². The quantitative estimate of drug-likeness (QED) is 0.915. The van der Waals surface area contributed by atoms with Gasteiger partial charge >= 0.3 is 0 Å². The van der Waals surface area contributed by atoms with Gasteiger partial charge in [-0.3, -0.25) is 4.79 Å². The average molecular weight is 300 g/mol. The molecule has 2 heterocycles. The van der Waals surface area contributed by atoms with Crippen molar-refractivity contribution in [2.45, 2.75) is 38.9 Å². The molecule has 2 unspecified atom stereocenters. The van der Waals surface area contributed by atoms with Gasteiger partial charge in [0.15, 0.2) is 0 Å². The molecule has 0 saturated carbocycles. The van der Waals surface area contributed by atoms with Crippen LogP contribution in [0, 0.1) is 6.92 Å². The molecule has 110 valence electrons. The van der Waals surface area contributed by atoms with Gasteiger partial charge in [-0.25, -0.2) is 0 Å². The zero-order chi connectivity index (χ0) is 14.8. The topological polar surface area (TPSA) is 41.1 Å². The first kappa shape index (κ1) is 14.3. The van der Waals surface area contributed by atoms with Crippen molar-refractivity contribution in [3.8, 4) is 0 Å². The van der Waals surface area contributed by atoms with Gasteiger partial charge in [0.1, 0.15) is 0 Å². The summed E-state index contributed by atoms with van der Waals surface area (Å²) in [5.74, 6) is 0.0862. The van der Waals surface area contributed by atoms with Gasteiger partial charge < -0.3 is 10.6 Å². The van der Waals surface area contributed by atoms with Crippen LogP contribution in [0.5, 0.6) is 0 Å². The number of aryl methyl sites for hydroxylation is 1. The summed E-state index contributed by atoms with van der Waals surface area (Å²) in [6, 6.07) is 12.4. The van der Waals surface area contributed by atoms with Gasteiger partial charge in [0.25, 0.3) is 0 Å². The first-order valence-corrected chi connectivity index (χ1v) is 8.12. The summed E-state index contributed by atoms with van der Waals surface area (Å²) in [6.45, 7) is 4.89. The Morgan fingerprint density at radius 3 is 2.76 bits per heavy atom. The van der Waals surface area contributed by atoms with Gasteiger partial charge in [-0.1, -0.05) is 24.3 Å². The Bertz CT molecular complexity index is 650. The average Bonchev–Trinajstić information content (AvgIpc) is 2.93. The number of nitrogens with one attached hydrogen (secondary N) is 2. The van der Waals surface area contributed by atoms with E-state index in [2.05, 4.69) is 41.8 Å². The SMILES string of the molecule is Cc1ccc(C(C)NC(=O)C2Cc3ccccc3CN2)s1. The summed E-state index contributed by atoms with van der Waals surface area (Å²) >= 11 is 1.74. The minimum absolute atomic E-state index is 0.0650. The molecule has 0 bridgehead atoms. The molecule has 0 fully saturated rings. The van der Waals surface area contributed by atoms with Crippen LogP contribution in [0.2, 0.25) is 0 Å². The second kappa shape index (κ2) is 6.00. The minimum Gasteiger partial charge on any atom is -0.347 e. The Labute approximate surface area is 129 Å². The van der Waals surface area contributed by atoms with Crippen LogP contribution in [0.3, 0.4) is 0 Å². The third-order valence-corrected chi connectivity index (χ3v) is 5.13. The van der Waals surface area contributed by atoms with Crippen molar-refractivity contribution in [1.82, 2.24) is 10.6 Å². The molecule has 4 heteroatoms. The molecule has 1 aliphatic heterocycles. The lowest BCUT2D eigenvalue weighted by molar-refractivity contribution is -0.123. The van der Waals surface area contributed by atoms with Gasteiger partial charge in [-0.15, -0.1) is 11.3 Å². The molecule has 0 spiro atoms. The Kier molecular flexibility index (Phi) is 4.08. The van der Waals surface area contributed by atoms with Crippen molar-refractivity contribution >= 4 is 17.2 Å².